The highest BCUT2D eigenvalue weighted by Gasteiger charge is 2.18. The Morgan fingerprint density at radius 3 is 2.63 bits per heavy atom. The Morgan fingerprint density at radius 2 is 1.86 bits per heavy atom. The van der Waals surface area contributed by atoms with Gasteiger partial charge >= 0.3 is 0 Å². The molecule has 0 atom stereocenters. The monoisotopic (exact) mass is 480 g/mol. The maximum atomic E-state index is 11.0. The van der Waals surface area contributed by atoms with Crippen molar-refractivity contribution in [2.45, 2.75) is 76.7 Å². The zero-order chi connectivity index (χ0) is 24.5. The van der Waals surface area contributed by atoms with E-state index >= 15 is 0 Å². The van der Waals surface area contributed by atoms with Gasteiger partial charge in [-0.25, -0.2) is 20.4 Å². The van der Waals surface area contributed by atoms with Gasteiger partial charge in [0.05, 0.1) is 12.9 Å². The van der Waals surface area contributed by atoms with Crippen LogP contribution >= 0.6 is 0 Å². The Kier molecular flexibility index (Phi) is 8.89. The van der Waals surface area contributed by atoms with E-state index in [1.165, 1.54) is 32.1 Å². The van der Waals surface area contributed by atoms with Gasteiger partial charge in [-0.05, 0) is 43.4 Å². The standard InChI is InChI=1S/C26H36N6O3/c1-32-18-27-25-24(32)26(28-20-9-5-4-6-10-20)30-22(29-25)17-19-12-14-21(15-13-19)35-16-8-3-2-7-11-23(33)31-34/h12-15,18,20,34H,2-11,16-17H2,1H3,(H,31,33)(H,28,29,30). The normalized spacial score (nSPS) is 14.2. The van der Waals surface area contributed by atoms with Gasteiger partial charge in [0.1, 0.15) is 17.1 Å². The lowest BCUT2D eigenvalue weighted by Gasteiger charge is -2.23. The van der Waals surface area contributed by atoms with Gasteiger partial charge in [0.2, 0.25) is 5.91 Å². The number of imidazole rings is 1. The van der Waals surface area contributed by atoms with E-state index in [2.05, 4.69) is 22.4 Å². The summed E-state index contributed by atoms with van der Waals surface area (Å²) < 4.78 is 7.84. The van der Waals surface area contributed by atoms with E-state index < -0.39 is 0 Å². The first-order chi connectivity index (χ1) is 17.1. The molecule has 4 rings (SSSR count). The van der Waals surface area contributed by atoms with Crippen LogP contribution in [0, 0.1) is 0 Å². The summed E-state index contributed by atoms with van der Waals surface area (Å²) in [5, 5.41) is 12.2. The quantitative estimate of drug-likeness (QED) is 0.198. The average molecular weight is 481 g/mol. The van der Waals surface area contributed by atoms with E-state index in [-0.39, 0.29) is 5.91 Å². The zero-order valence-electron chi connectivity index (χ0n) is 20.5. The van der Waals surface area contributed by atoms with E-state index in [1.54, 1.807) is 11.8 Å². The van der Waals surface area contributed by atoms with Crippen molar-refractivity contribution in [3.05, 3.63) is 42.0 Å². The molecule has 0 spiro atoms. The van der Waals surface area contributed by atoms with E-state index in [9.17, 15) is 4.79 Å². The summed E-state index contributed by atoms with van der Waals surface area (Å²) in [6, 6.07) is 8.55. The van der Waals surface area contributed by atoms with Crippen LogP contribution in [0.4, 0.5) is 5.82 Å². The van der Waals surface area contributed by atoms with Crippen molar-refractivity contribution in [1.82, 2.24) is 25.0 Å². The highest BCUT2D eigenvalue weighted by atomic mass is 16.5. The second kappa shape index (κ2) is 12.5. The zero-order valence-corrected chi connectivity index (χ0v) is 20.5. The minimum absolute atomic E-state index is 0.330. The van der Waals surface area contributed by atoms with Crippen LogP contribution in [-0.4, -0.2) is 43.3 Å². The Bertz CT molecular complexity index is 1090. The smallest absolute Gasteiger partial charge is 0.243 e. The maximum Gasteiger partial charge on any atom is 0.243 e. The molecule has 35 heavy (non-hydrogen) atoms. The summed E-state index contributed by atoms with van der Waals surface area (Å²) in [5.74, 6) is 2.16. The molecular formula is C26H36N6O3. The highest BCUT2D eigenvalue weighted by Crippen LogP contribution is 2.26. The molecule has 188 valence electrons. The first-order valence-electron chi connectivity index (χ1n) is 12.7. The Labute approximate surface area is 206 Å². The molecule has 2 heterocycles. The number of rotatable bonds is 12. The largest absolute Gasteiger partial charge is 0.494 e. The van der Waals surface area contributed by atoms with Gasteiger partial charge in [0, 0.05) is 25.9 Å². The summed E-state index contributed by atoms with van der Waals surface area (Å²) in [5.41, 5.74) is 4.47. The van der Waals surface area contributed by atoms with Gasteiger partial charge < -0.3 is 14.6 Å². The molecule has 2 aromatic heterocycles. The number of hydrogen-bond donors (Lipinski definition) is 3. The van der Waals surface area contributed by atoms with Gasteiger partial charge in [-0.2, -0.15) is 0 Å². The molecular weight excluding hydrogens is 444 g/mol. The molecule has 0 radical (unpaired) electrons. The number of aryl methyl sites for hydroxylation is 1. The molecule has 1 aromatic carbocycles. The molecule has 3 aromatic rings. The van der Waals surface area contributed by atoms with Crippen LogP contribution in [-0.2, 0) is 18.3 Å². The fraction of sp³-hybridized carbons (Fsp3) is 0.538. The number of carbonyl (C=O) groups is 1. The molecule has 9 heteroatoms. The predicted octanol–water partition coefficient (Wildman–Crippen LogP) is 4.53. The first-order valence-corrected chi connectivity index (χ1v) is 12.7. The number of ether oxygens (including phenoxy) is 1. The summed E-state index contributed by atoms with van der Waals surface area (Å²) in [7, 11) is 1.98. The van der Waals surface area contributed by atoms with Crippen LogP contribution in [0.25, 0.3) is 11.2 Å². The molecule has 0 unspecified atom stereocenters. The average Bonchev–Trinajstić information content (AvgIpc) is 3.25. The van der Waals surface area contributed by atoms with Crippen LogP contribution in [0.1, 0.15) is 75.6 Å². The molecule has 3 N–H and O–H groups in total. The van der Waals surface area contributed by atoms with Crippen molar-refractivity contribution >= 4 is 22.9 Å². The van der Waals surface area contributed by atoms with Crippen LogP contribution in [0.2, 0.25) is 0 Å². The van der Waals surface area contributed by atoms with Crippen molar-refractivity contribution < 1.29 is 14.7 Å². The molecule has 0 saturated heterocycles. The minimum atomic E-state index is -0.330. The lowest BCUT2D eigenvalue weighted by Crippen LogP contribution is -2.23. The lowest BCUT2D eigenvalue weighted by molar-refractivity contribution is -0.129. The number of aromatic nitrogens is 4. The van der Waals surface area contributed by atoms with E-state index in [0.717, 1.165) is 59.8 Å². The lowest BCUT2D eigenvalue weighted by atomic mass is 9.95. The molecule has 0 bridgehead atoms. The summed E-state index contributed by atoms with van der Waals surface area (Å²) >= 11 is 0. The Hall–Kier alpha value is -3.20. The third-order valence-corrected chi connectivity index (χ3v) is 6.54. The van der Waals surface area contributed by atoms with E-state index in [1.807, 2.05) is 23.7 Å². The highest BCUT2D eigenvalue weighted by molar-refractivity contribution is 5.83. The Morgan fingerprint density at radius 1 is 1.09 bits per heavy atom. The Balaban J connectivity index is 1.30. The van der Waals surface area contributed by atoms with Crippen molar-refractivity contribution in [1.29, 1.82) is 0 Å². The van der Waals surface area contributed by atoms with Gasteiger partial charge in [0.25, 0.3) is 0 Å². The molecule has 1 saturated carbocycles. The third-order valence-electron chi connectivity index (χ3n) is 6.54. The molecule has 0 aliphatic heterocycles. The molecule has 9 nitrogen and oxygen atoms in total. The number of nitrogens with one attached hydrogen (secondary N) is 2. The second-order valence-electron chi connectivity index (χ2n) is 9.36. The number of amides is 1. The van der Waals surface area contributed by atoms with Crippen LogP contribution in [0.5, 0.6) is 5.75 Å². The number of benzene rings is 1. The molecule has 1 aliphatic rings. The number of unbranched alkanes of at least 4 members (excludes halogenated alkanes) is 3. The number of fused-ring (bicyclic) bond motifs is 1. The van der Waals surface area contributed by atoms with Crippen LogP contribution in [0.15, 0.2) is 30.6 Å². The first kappa shape index (κ1) is 24.9. The fourth-order valence-corrected chi connectivity index (χ4v) is 4.60. The van der Waals surface area contributed by atoms with Crippen LogP contribution < -0.4 is 15.5 Å². The maximum absolute atomic E-state index is 11.0. The van der Waals surface area contributed by atoms with Crippen molar-refractivity contribution in [2.24, 2.45) is 7.05 Å². The summed E-state index contributed by atoms with van der Waals surface area (Å²) in [6.45, 7) is 0.640. The fourth-order valence-electron chi connectivity index (χ4n) is 4.60. The number of anilines is 1. The molecule has 1 aliphatic carbocycles. The number of hydroxylamine groups is 1. The molecule has 1 amide bonds. The minimum Gasteiger partial charge on any atom is -0.494 e. The van der Waals surface area contributed by atoms with Gasteiger partial charge in [-0.1, -0.05) is 44.2 Å². The third kappa shape index (κ3) is 7.14. The molecule has 1 fully saturated rings. The number of nitrogens with zero attached hydrogens (tertiary/aromatic N) is 4. The van der Waals surface area contributed by atoms with Gasteiger partial charge in [-0.3, -0.25) is 10.0 Å². The topological polar surface area (TPSA) is 114 Å². The van der Waals surface area contributed by atoms with Gasteiger partial charge in [-0.15, -0.1) is 0 Å². The predicted molar refractivity (Wildman–Crippen MR) is 135 cm³/mol. The number of hydrogen-bond acceptors (Lipinski definition) is 7. The number of carbonyl (C=O) groups excluding carboxylic acids is 1. The second-order valence-corrected chi connectivity index (χ2v) is 9.36. The van der Waals surface area contributed by atoms with E-state index in [0.29, 0.717) is 25.5 Å². The summed E-state index contributed by atoms with van der Waals surface area (Å²) in [6.07, 6.45) is 12.6. The van der Waals surface area contributed by atoms with Crippen molar-refractivity contribution in [3.8, 4) is 5.75 Å². The van der Waals surface area contributed by atoms with Crippen LogP contribution in [0.3, 0.4) is 0 Å². The van der Waals surface area contributed by atoms with Crippen molar-refractivity contribution in [2.75, 3.05) is 11.9 Å². The van der Waals surface area contributed by atoms with Crippen molar-refractivity contribution in [3.63, 3.8) is 0 Å². The summed E-state index contributed by atoms with van der Waals surface area (Å²) in [4.78, 5) is 25.1. The van der Waals surface area contributed by atoms with E-state index in [4.69, 9.17) is 19.9 Å². The SMILES string of the molecule is Cn1cnc2nc(Cc3ccc(OCCCCCCC(=O)NO)cc3)nc(NC3CCCCC3)c21. The van der Waals surface area contributed by atoms with Gasteiger partial charge in [0.15, 0.2) is 11.5 Å².